The standard InChI is InChI=1S/C10H8F2N4O2/c1-16-7(10(17)18)6(4-15-16)9-13-2-5(3-14-9)8(11)12/h2-4,8H,1H3,(H,17,18). The van der Waals surface area contributed by atoms with Crippen LogP contribution < -0.4 is 0 Å². The van der Waals surface area contributed by atoms with Gasteiger partial charge in [0.25, 0.3) is 6.43 Å². The lowest BCUT2D eigenvalue weighted by atomic mass is 10.2. The molecule has 0 saturated heterocycles. The number of carbonyl (C=O) groups is 1. The molecule has 8 heteroatoms. The third-order valence-electron chi connectivity index (χ3n) is 2.31. The minimum Gasteiger partial charge on any atom is -0.477 e. The van der Waals surface area contributed by atoms with Crippen molar-refractivity contribution < 1.29 is 18.7 Å². The third kappa shape index (κ3) is 2.04. The summed E-state index contributed by atoms with van der Waals surface area (Å²) in [5, 5.41) is 12.8. The summed E-state index contributed by atoms with van der Waals surface area (Å²) in [4.78, 5) is 18.5. The summed E-state index contributed by atoms with van der Waals surface area (Å²) in [6.07, 6.45) is 0.546. The first-order valence-corrected chi connectivity index (χ1v) is 4.86. The Kier molecular flexibility index (Phi) is 3.00. The molecule has 0 aromatic carbocycles. The van der Waals surface area contributed by atoms with Gasteiger partial charge in [0.15, 0.2) is 11.5 Å². The smallest absolute Gasteiger partial charge is 0.354 e. The molecule has 2 heterocycles. The molecule has 0 aliphatic heterocycles. The minimum atomic E-state index is -2.66. The number of rotatable bonds is 3. The highest BCUT2D eigenvalue weighted by Gasteiger charge is 2.19. The SMILES string of the molecule is Cn1ncc(-c2ncc(C(F)F)cn2)c1C(=O)O. The van der Waals surface area contributed by atoms with Crippen LogP contribution in [0.2, 0.25) is 0 Å². The lowest BCUT2D eigenvalue weighted by molar-refractivity contribution is 0.0685. The van der Waals surface area contributed by atoms with Gasteiger partial charge < -0.3 is 5.11 Å². The van der Waals surface area contributed by atoms with E-state index in [9.17, 15) is 13.6 Å². The van der Waals surface area contributed by atoms with Crippen LogP contribution in [0.5, 0.6) is 0 Å². The number of aryl methyl sites for hydroxylation is 1. The van der Waals surface area contributed by atoms with Crippen molar-refractivity contribution in [3.8, 4) is 11.4 Å². The normalized spacial score (nSPS) is 10.9. The van der Waals surface area contributed by atoms with Crippen molar-refractivity contribution in [3.05, 3.63) is 29.8 Å². The van der Waals surface area contributed by atoms with E-state index in [1.807, 2.05) is 0 Å². The number of aromatic nitrogens is 4. The van der Waals surface area contributed by atoms with Crippen molar-refractivity contribution >= 4 is 5.97 Å². The van der Waals surface area contributed by atoms with Crippen LogP contribution >= 0.6 is 0 Å². The monoisotopic (exact) mass is 254 g/mol. The van der Waals surface area contributed by atoms with Gasteiger partial charge in [-0.2, -0.15) is 5.10 Å². The fourth-order valence-corrected chi connectivity index (χ4v) is 1.44. The molecule has 1 N–H and O–H groups in total. The first-order valence-electron chi connectivity index (χ1n) is 4.86. The average molecular weight is 254 g/mol. The van der Waals surface area contributed by atoms with Crippen LogP contribution in [0, 0.1) is 0 Å². The van der Waals surface area contributed by atoms with Crippen LogP contribution in [0.1, 0.15) is 22.5 Å². The van der Waals surface area contributed by atoms with Crippen molar-refractivity contribution in [2.45, 2.75) is 6.43 Å². The Morgan fingerprint density at radius 1 is 1.33 bits per heavy atom. The van der Waals surface area contributed by atoms with E-state index in [1.54, 1.807) is 0 Å². The van der Waals surface area contributed by atoms with E-state index >= 15 is 0 Å². The van der Waals surface area contributed by atoms with Crippen LogP contribution in [0.3, 0.4) is 0 Å². The maximum absolute atomic E-state index is 12.3. The number of nitrogens with zero attached hydrogens (tertiary/aromatic N) is 4. The van der Waals surface area contributed by atoms with Crippen molar-refractivity contribution in [3.63, 3.8) is 0 Å². The van der Waals surface area contributed by atoms with Gasteiger partial charge in [-0.25, -0.2) is 23.5 Å². The zero-order chi connectivity index (χ0) is 13.3. The molecule has 0 amide bonds. The van der Waals surface area contributed by atoms with E-state index in [0.717, 1.165) is 17.1 Å². The van der Waals surface area contributed by atoms with Gasteiger partial charge in [0.2, 0.25) is 0 Å². The van der Waals surface area contributed by atoms with Gasteiger partial charge in [0.05, 0.1) is 17.3 Å². The molecule has 0 radical (unpaired) electrons. The van der Waals surface area contributed by atoms with Gasteiger partial charge in [-0.15, -0.1) is 0 Å². The molecule has 2 aromatic heterocycles. The molecule has 0 bridgehead atoms. The van der Waals surface area contributed by atoms with Gasteiger partial charge in [-0.1, -0.05) is 0 Å². The Balaban J connectivity index is 2.46. The summed E-state index contributed by atoms with van der Waals surface area (Å²) < 4.78 is 25.8. The van der Waals surface area contributed by atoms with E-state index in [2.05, 4.69) is 15.1 Å². The Labute approximate surface area is 99.9 Å². The first-order chi connectivity index (χ1) is 8.50. The van der Waals surface area contributed by atoms with Gasteiger partial charge >= 0.3 is 5.97 Å². The Morgan fingerprint density at radius 2 is 1.94 bits per heavy atom. The zero-order valence-electron chi connectivity index (χ0n) is 9.21. The molecule has 0 aliphatic rings. The molecule has 0 saturated carbocycles. The Hall–Kier alpha value is -2.38. The molecule has 2 aromatic rings. The van der Waals surface area contributed by atoms with E-state index in [0.29, 0.717) is 0 Å². The van der Waals surface area contributed by atoms with Gasteiger partial charge in [0, 0.05) is 19.4 Å². The van der Waals surface area contributed by atoms with E-state index in [4.69, 9.17) is 5.11 Å². The fraction of sp³-hybridized carbons (Fsp3) is 0.200. The maximum atomic E-state index is 12.3. The molecule has 0 spiro atoms. The molecule has 6 nitrogen and oxygen atoms in total. The molecular formula is C10H8F2N4O2. The number of alkyl halides is 2. The number of hydrogen-bond acceptors (Lipinski definition) is 4. The van der Waals surface area contributed by atoms with Crippen LogP contribution in [0.15, 0.2) is 18.6 Å². The highest BCUT2D eigenvalue weighted by atomic mass is 19.3. The number of carboxylic acid groups (broad SMARTS) is 1. The summed E-state index contributed by atoms with van der Waals surface area (Å²) in [7, 11) is 1.46. The summed E-state index contributed by atoms with van der Waals surface area (Å²) >= 11 is 0. The topological polar surface area (TPSA) is 80.9 Å². The van der Waals surface area contributed by atoms with Crippen LogP contribution in [-0.2, 0) is 7.05 Å². The molecule has 0 aliphatic carbocycles. The predicted octanol–water partition coefficient (Wildman–Crippen LogP) is 1.51. The van der Waals surface area contributed by atoms with Gasteiger partial charge in [0.1, 0.15) is 0 Å². The molecule has 94 valence electrons. The van der Waals surface area contributed by atoms with Crippen LogP contribution in [-0.4, -0.2) is 30.8 Å². The van der Waals surface area contributed by atoms with Gasteiger partial charge in [-0.05, 0) is 0 Å². The maximum Gasteiger partial charge on any atom is 0.354 e. The fourth-order valence-electron chi connectivity index (χ4n) is 1.44. The minimum absolute atomic E-state index is 0.0462. The Bertz CT molecular complexity index is 580. The van der Waals surface area contributed by atoms with Crippen molar-refractivity contribution in [2.24, 2.45) is 7.05 Å². The first kappa shape index (κ1) is 12.1. The predicted molar refractivity (Wildman–Crippen MR) is 56.2 cm³/mol. The lowest BCUT2D eigenvalue weighted by Gasteiger charge is -2.02. The van der Waals surface area contributed by atoms with Crippen molar-refractivity contribution in [1.29, 1.82) is 0 Å². The van der Waals surface area contributed by atoms with Crippen molar-refractivity contribution in [1.82, 2.24) is 19.7 Å². The molecule has 0 fully saturated rings. The lowest BCUT2D eigenvalue weighted by Crippen LogP contribution is -2.07. The Morgan fingerprint density at radius 3 is 2.44 bits per heavy atom. The van der Waals surface area contributed by atoms with E-state index < -0.39 is 12.4 Å². The molecular weight excluding hydrogens is 246 g/mol. The van der Waals surface area contributed by atoms with Gasteiger partial charge in [-0.3, -0.25) is 4.68 Å². The quantitative estimate of drug-likeness (QED) is 0.897. The molecule has 0 unspecified atom stereocenters. The second kappa shape index (κ2) is 4.47. The van der Waals surface area contributed by atoms with E-state index in [1.165, 1.54) is 13.2 Å². The summed E-state index contributed by atoms with van der Waals surface area (Å²) in [5.41, 5.74) is -0.231. The zero-order valence-corrected chi connectivity index (χ0v) is 9.21. The van der Waals surface area contributed by atoms with Crippen LogP contribution in [0.4, 0.5) is 8.78 Å². The number of aromatic carboxylic acids is 1. The number of hydrogen-bond donors (Lipinski definition) is 1. The highest BCUT2D eigenvalue weighted by molar-refractivity contribution is 5.92. The van der Waals surface area contributed by atoms with E-state index in [-0.39, 0.29) is 22.6 Å². The molecule has 18 heavy (non-hydrogen) atoms. The second-order valence-corrected chi connectivity index (χ2v) is 3.48. The number of halogens is 2. The van der Waals surface area contributed by atoms with Crippen molar-refractivity contribution in [2.75, 3.05) is 0 Å². The molecule has 0 atom stereocenters. The largest absolute Gasteiger partial charge is 0.477 e. The third-order valence-corrected chi connectivity index (χ3v) is 2.31. The number of carboxylic acids is 1. The summed E-state index contributed by atoms with van der Waals surface area (Å²) in [5.74, 6) is -1.14. The highest BCUT2D eigenvalue weighted by Crippen LogP contribution is 2.22. The average Bonchev–Trinajstić information content (AvgIpc) is 2.71. The second-order valence-electron chi connectivity index (χ2n) is 3.48. The molecule has 2 rings (SSSR count). The summed E-state index contributed by atoms with van der Waals surface area (Å²) in [6, 6.07) is 0. The van der Waals surface area contributed by atoms with Crippen LogP contribution in [0.25, 0.3) is 11.4 Å². The summed E-state index contributed by atoms with van der Waals surface area (Å²) in [6.45, 7) is 0.